The van der Waals surface area contributed by atoms with Crippen LogP contribution in [-0.2, 0) is 9.53 Å². The summed E-state index contributed by atoms with van der Waals surface area (Å²) in [5, 5.41) is 11.4. The second-order valence-electron chi connectivity index (χ2n) is 1.97. The molecule has 0 aromatic carbocycles. The van der Waals surface area contributed by atoms with Gasteiger partial charge in [-0.1, -0.05) is 0 Å². The van der Waals surface area contributed by atoms with Gasteiger partial charge in [0.2, 0.25) is 0 Å². The average Bonchev–Trinajstić information content (AvgIpc) is 1.90. The summed E-state index contributed by atoms with van der Waals surface area (Å²) < 4.78 is 4.62. The quantitative estimate of drug-likeness (QED) is 0.356. The molecule has 0 amide bonds. The molecular weight excluding hydrogens is 133 g/mol. The summed E-state index contributed by atoms with van der Waals surface area (Å²) in [7, 11) is 1.70. The summed E-state index contributed by atoms with van der Waals surface area (Å²) in [5.41, 5.74) is 0. The van der Waals surface area contributed by atoms with Crippen LogP contribution in [0.25, 0.3) is 0 Å². The lowest BCUT2D eigenvalue weighted by molar-refractivity contribution is -0.141. The topological polar surface area (TPSA) is 58.6 Å². The Bertz CT molecular complexity index is 105. The normalized spacial score (nSPS) is 12.6. The largest absolute Gasteiger partial charge is 0.464 e. The van der Waals surface area contributed by atoms with E-state index >= 15 is 0 Å². The molecule has 0 heterocycles. The van der Waals surface area contributed by atoms with E-state index in [1.807, 2.05) is 0 Å². The summed E-state index contributed by atoms with van der Waals surface area (Å²) in [6, 6.07) is -0.149. The predicted octanol–water partition coefficient (Wildman–Crippen LogP) is -1.95. The van der Waals surface area contributed by atoms with Gasteiger partial charge in [0, 0.05) is 6.92 Å². The third-order valence-electron chi connectivity index (χ3n) is 1.12. The van der Waals surface area contributed by atoms with Gasteiger partial charge in [-0.05, 0) is 0 Å². The second-order valence-corrected chi connectivity index (χ2v) is 1.97. The molecule has 0 spiro atoms. The van der Waals surface area contributed by atoms with Crippen molar-refractivity contribution in [2.75, 3.05) is 13.2 Å². The van der Waals surface area contributed by atoms with Gasteiger partial charge in [-0.15, -0.1) is 0 Å². The standard InChI is InChI=1S/C5H12BNO3/c1-4(9)10-3-5(2-8)7-6/h5,7-8H,2-3,6H2,1H3. The third-order valence-corrected chi connectivity index (χ3v) is 1.12. The van der Waals surface area contributed by atoms with Crippen molar-refractivity contribution in [3.8, 4) is 0 Å². The Morgan fingerprint density at radius 3 is 2.80 bits per heavy atom. The highest BCUT2D eigenvalue weighted by molar-refractivity contribution is 6.04. The maximum atomic E-state index is 10.2. The van der Waals surface area contributed by atoms with Gasteiger partial charge >= 0.3 is 5.97 Å². The summed E-state index contributed by atoms with van der Waals surface area (Å²) in [4.78, 5) is 10.2. The van der Waals surface area contributed by atoms with Gasteiger partial charge in [-0.25, -0.2) is 0 Å². The van der Waals surface area contributed by atoms with Crippen LogP contribution in [0, 0.1) is 0 Å². The SMILES string of the molecule is BNC(CO)COC(C)=O. The number of aliphatic hydroxyl groups excluding tert-OH is 1. The van der Waals surface area contributed by atoms with Crippen LogP contribution in [0.15, 0.2) is 0 Å². The molecule has 10 heavy (non-hydrogen) atoms. The first-order valence-corrected chi connectivity index (χ1v) is 3.12. The molecule has 0 bridgehead atoms. The van der Waals surface area contributed by atoms with Crippen LogP contribution in [-0.4, -0.2) is 38.3 Å². The molecule has 0 aliphatic rings. The Hall–Kier alpha value is -0.545. The lowest BCUT2D eigenvalue weighted by Gasteiger charge is -2.11. The van der Waals surface area contributed by atoms with E-state index in [4.69, 9.17) is 5.11 Å². The number of carbonyl (C=O) groups is 1. The molecule has 58 valence electrons. The molecule has 0 saturated heterocycles. The third kappa shape index (κ3) is 4.35. The molecule has 1 atom stereocenters. The van der Waals surface area contributed by atoms with Crippen LogP contribution in [0.3, 0.4) is 0 Å². The van der Waals surface area contributed by atoms with Crippen LogP contribution in [0.5, 0.6) is 0 Å². The molecular formula is C5H12BNO3. The van der Waals surface area contributed by atoms with Crippen molar-refractivity contribution < 1.29 is 14.6 Å². The number of aliphatic hydroxyl groups is 1. The Labute approximate surface area is 61.0 Å². The Kier molecular flexibility index (Phi) is 4.97. The molecule has 0 radical (unpaired) electrons. The maximum Gasteiger partial charge on any atom is 0.302 e. The molecule has 0 aliphatic heterocycles. The van der Waals surface area contributed by atoms with Gasteiger partial charge < -0.3 is 15.1 Å². The number of hydrogen-bond donors (Lipinski definition) is 2. The fourth-order valence-electron chi connectivity index (χ4n) is 0.445. The van der Waals surface area contributed by atoms with Crippen molar-refractivity contribution in [2.45, 2.75) is 13.0 Å². The minimum Gasteiger partial charge on any atom is -0.464 e. The summed E-state index contributed by atoms with van der Waals surface area (Å²) in [6.45, 7) is 1.54. The second kappa shape index (κ2) is 5.26. The summed E-state index contributed by atoms with van der Waals surface area (Å²) >= 11 is 0. The van der Waals surface area contributed by atoms with Crippen LogP contribution >= 0.6 is 0 Å². The van der Waals surface area contributed by atoms with E-state index in [0.717, 1.165) is 0 Å². The van der Waals surface area contributed by atoms with E-state index in [0.29, 0.717) is 0 Å². The zero-order valence-electron chi connectivity index (χ0n) is 6.26. The molecule has 5 heteroatoms. The number of esters is 1. The number of rotatable bonds is 4. The fraction of sp³-hybridized carbons (Fsp3) is 0.800. The highest BCUT2D eigenvalue weighted by atomic mass is 16.5. The van der Waals surface area contributed by atoms with Gasteiger partial charge in [-0.3, -0.25) is 4.79 Å². The summed E-state index contributed by atoms with van der Waals surface area (Å²) in [5.74, 6) is -0.325. The molecule has 2 N–H and O–H groups in total. The smallest absolute Gasteiger partial charge is 0.302 e. The first-order chi connectivity index (χ1) is 4.70. The monoisotopic (exact) mass is 145 g/mol. The molecule has 0 aliphatic carbocycles. The number of nitrogens with one attached hydrogen (secondary N) is 1. The minimum absolute atomic E-state index is 0.0240. The van der Waals surface area contributed by atoms with E-state index in [1.165, 1.54) is 6.92 Å². The minimum atomic E-state index is -0.325. The van der Waals surface area contributed by atoms with Crippen LogP contribution < -0.4 is 5.23 Å². The van der Waals surface area contributed by atoms with Crippen molar-refractivity contribution >= 4 is 14.0 Å². The van der Waals surface area contributed by atoms with Gasteiger partial charge in [-0.2, -0.15) is 0 Å². The van der Waals surface area contributed by atoms with E-state index < -0.39 is 0 Å². The lowest BCUT2D eigenvalue weighted by atomic mass is 10.2. The Morgan fingerprint density at radius 2 is 2.50 bits per heavy atom. The Balaban J connectivity index is 3.34. The van der Waals surface area contributed by atoms with Gasteiger partial charge in [0.1, 0.15) is 6.61 Å². The first kappa shape index (κ1) is 9.45. The fourth-order valence-corrected chi connectivity index (χ4v) is 0.445. The van der Waals surface area contributed by atoms with Crippen LogP contribution in [0.4, 0.5) is 0 Å². The van der Waals surface area contributed by atoms with Gasteiger partial charge in [0.05, 0.1) is 12.6 Å². The molecule has 0 rings (SSSR count). The van der Waals surface area contributed by atoms with Crippen molar-refractivity contribution in [1.82, 2.24) is 5.23 Å². The highest BCUT2D eigenvalue weighted by Crippen LogP contribution is 1.83. The van der Waals surface area contributed by atoms with Crippen molar-refractivity contribution in [2.24, 2.45) is 0 Å². The molecule has 4 nitrogen and oxygen atoms in total. The summed E-state index contributed by atoms with van der Waals surface area (Å²) in [6.07, 6.45) is 0. The molecule has 0 fully saturated rings. The Morgan fingerprint density at radius 1 is 1.90 bits per heavy atom. The molecule has 0 aromatic rings. The van der Waals surface area contributed by atoms with Gasteiger partial charge in [0.25, 0.3) is 0 Å². The van der Waals surface area contributed by atoms with Crippen LogP contribution in [0.1, 0.15) is 6.92 Å². The van der Waals surface area contributed by atoms with Gasteiger partial charge in [0.15, 0.2) is 7.98 Å². The van der Waals surface area contributed by atoms with Crippen molar-refractivity contribution in [3.05, 3.63) is 0 Å². The number of carbonyl (C=O) groups excluding carboxylic acids is 1. The van der Waals surface area contributed by atoms with E-state index in [-0.39, 0.29) is 25.2 Å². The zero-order chi connectivity index (χ0) is 7.98. The average molecular weight is 145 g/mol. The predicted molar refractivity (Wildman–Crippen MR) is 39.2 cm³/mol. The number of hydrogen-bond acceptors (Lipinski definition) is 4. The molecule has 0 saturated carbocycles. The van der Waals surface area contributed by atoms with Crippen molar-refractivity contribution in [1.29, 1.82) is 0 Å². The lowest BCUT2D eigenvalue weighted by Crippen LogP contribution is -2.35. The highest BCUT2D eigenvalue weighted by Gasteiger charge is 2.04. The first-order valence-electron chi connectivity index (χ1n) is 3.12. The number of ether oxygens (including phenoxy) is 1. The van der Waals surface area contributed by atoms with Crippen molar-refractivity contribution in [3.63, 3.8) is 0 Å². The molecule has 1 unspecified atom stereocenters. The van der Waals surface area contributed by atoms with E-state index in [2.05, 4.69) is 9.96 Å². The molecule has 0 aromatic heterocycles. The zero-order valence-corrected chi connectivity index (χ0v) is 6.26. The van der Waals surface area contributed by atoms with E-state index in [1.54, 1.807) is 7.98 Å². The maximum absolute atomic E-state index is 10.2. The van der Waals surface area contributed by atoms with Crippen LogP contribution in [0.2, 0.25) is 0 Å². The van der Waals surface area contributed by atoms with E-state index in [9.17, 15) is 4.79 Å².